The third-order valence-electron chi connectivity index (χ3n) is 10.3. The van der Waals surface area contributed by atoms with Crippen LogP contribution in [0.3, 0.4) is 0 Å². The molecule has 0 saturated heterocycles. The second kappa shape index (κ2) is 46.1. The van der Waals surface area contributed by atoms with Crippen molar-refractivity contribution in [3.63, 3.8) is 0 Å². The first-order valence-electron chi connectivity index (χ1n) is 24.1. The Hall–Kier alpha value is -2.63. The predicted octanol–water partition coefficient (Wildman–Crippen LogP) is 15.5. The van der Waals surface area contributed by atoms with E-state index in [0.29, 0.717) is 19.3 Å². The first-order valence-corrected chi connectivity index (χ1v) is 24.1. The van der Waals surface area contributed by atoms with Gasteiger partial charge in [-0.1, -0.05) is 172 Å². The highest BCUT2D eigenvalue weighted by molar-refractivity contribution is 5.71. The summed E-state index contributed by atoms with van der Waals surface area (Å²) >= 11 is 0. The highest BCUT2D eigenvalue weighted by atomic mass is 16.6. The quantitative estimate of drug-likeness (QED) is 0.0265. The number of esters is 3. The van der Waals surface area contributed by atoms with Gasteiger partial charge in [-0.05, 0) is 96.3 Å². The van der Waals surface area contributed by atoms with Crippen molar-refractivity contribution in [1.82, 2.24) is 0 Å². The lowest BCUT2D eigenvalue weighted by atomic mass is 10.1. The van der Waals surface area contributed by atoms with Crippen molar-refractivity contribution in [1.29, 1.82) is 0 Å². The Kier molecular flexibility index (Phi) is 43.9. The monoisotopic (exact) mass is 799 g/mol. The smallest absolute Gasteiger partial charge is 0.306 e. The maximum atomic E-state index is 12.7. The van der Waals surface area contributed by atoms with Crippen LogP contribution >= 0.6 is 0 Å². The summed E-state index contributed by atoms with van der Waals surface area (Å²) < 4.78 is 16.7. The summed E-state index contributed by atoms with van der Waals surface area (Å²) in [6.45, 7) is 6.45. The lowest BCUT2D eigenvalue weighted by Gasteiger charge is -2.18. The van der Waals surface area contributed by atoms with Crippen LogP contribution in [-0.4, -0.2) is 37.2 Å². The lowest BCUT2D eigenvalue weighted by molar-refractivity contribution is -0.167. The van der Waals surface area contributed by atoms with Crippen LogP contribution in [0.4, 0.5) is 0 Å². The van der Waals surface area contributed by atoms with Crippen LogP contribution in [0.2, 0.25) is 0 Å². The van der Waals surface area contributed by atoms with E-state index in [1.807, 2.05) is 0 Å². The largest absolute Gasteiger partial charge is 0.462 e. The SMILES string of the molecule is CC/C=C\C/C=C\CCCCC(=O)OCC(COC(=O)CCCCCCC/C=C\CCCCCCCCC)OC(=O)CCCCC/C=C\CCCCCCCCC. The van der Waals surface area contributed by atoms with Gasteiger partial charge in [-0.25, -0.2) is 0 Å². The number of carbonyl (C=O) groups excluding carboxylic acids is 3. The molecule has 0 aromatic rings. The number of hydrogen-bond donors (Lipinski definition) is 0. The van der Waals surface area contributed by atoms with E-state index in [1.54, 1.807) is 0 Å². The van der Waals surface area contributed by atoms with Crippen LogP contribution in [0.15, 0.2) is 48.6 Å². The predicted molar refractivity (Wildman–Crippen MR) is 242 cm³/mol. The standard InChI is InChI=1S/C51H90O6/c1-4-7-10-13-16-19-21-23-25-26-28-29-32-35-38-41-44-50(53)56-47-48(46-55-49(52)43-40-37-34-31-18-15-12-9-6-3)57-51(54)45-42-39-36-33-30-27-24-22-20-17-14-11-8-5-2/h9,12,18,25-27,30-31,48H,4-8,10-11,13-17,19-24,28-29,32-47H2,1-3H3/b12-9-,26-25-,30-27-,31-18-. The summed E-state index contributed by atoms with van der Waals surface area (Å²) in [5.41, 5.74) is 0. The summed E-state index contributed by atoms with van der Waals surface area (Å²) in [7, 11) is 0. The van der Waals surface area contributed by atoms with Crippen LogP contribution in [0, 0.1) is 0 Å². The van der Waals surface area contributed by atoms with Gasteiger partial charge in [-0.15, -0.1) is 0 Å². The maximum absolute atomic E-state index is 12.7. The van der Waals surface area contributed by atoms with E-state index < -0.39 is 6.10 Å². The molecule has 0 rings (SSSR count). The van der Waals surface area contributed by atoms with Crippen LogP contribution in [0.1, 0.15) is 239 Å². The van der Waals surface area contributed by atoms with E-state index >= 15 is 0 Å². The molecule has 0 spiro atoms. The molecule has 330 valence electrons. The van der Waals surface area contributed by atoms with Gasteiger partial charge < -0.3 is 14.2 Å². The summed E-state index contributed by atoms with van der Waals surface area (Å²) in [6.07, 6.45) is 53.9. The van der Waals surface area contributed by atoms with Crippen LogP contribution in [-0.2, 0) is 28.6 Å². The normalized spacial score (nSPS) is 12.4. The second-order valence-electron chi connectivity index (χ2n) is 16.0. The average molecular weight is 799 g/mol. The molecule has 0 aliphatic carbocycles. The van der Waals surface area contributed by atoms with E-state index in [1.165, 1.54) is 109 Å². The molecule has 1 unspecified atom stereocenters. The molecule has 0 N–H and O–H groups in total. The molecule has 0 aliphatic rings. The van der Waals surface area contributed by atoms with E-state index in [2.05, 4.69) is 69.4 Å². The molecule has 1 atom stereocenters. The second-order valence-corrected chi connectivity index (χ2v) is 16.0. The minimum absolute atomic E-state index is 0.0934. The van der Waals surface area contributed by atoms with Gasteiger partial charge in [0, 0.05) is 19.3 Å². The van der Waals surface area contributed by atoms with E-state index in [4.69, 9.17) is 14.2 Å². The molecule has 57 heavy (non-hydrogen) atoms. The number of carbonyl (C=O) groups is 3. The molecule has 0 heterocycles. The maximum Gasteiger partial charge on any atom is 0.306 e. The van der Waals surface area contributed by atoms with Gasteiger partial charge in [0.05, 0.1) is 0 Å². The molecule has 0 bridgehead atoms. The molecule has 0 aromatic heterocycles. The Morgan fingerprint density at radius 1 is 0.368 bits per heavy atom. The van der Waals surface area contributed by atoms with Crippen LogP contribution in [0.5, 0.6) is 0 Å². The van der Waals surface area contributed by atoms with Gasteiger partial charge in [-0.3, -0.25) is 14.4 Å². The van der Waals surface area contributed by atoms with Crippen molar-refractivity contribution in [3.05, 3.63) is 48.6 Å². The molecule has 0 radical (unpaired) electrons. The third kappa shape index (κ3) is 44.3. The number of allylic oxidation sites excluding steroid dienone is 8. The number of ether oxygens (including phenoxy) is 3. The molecule has 6 heteroatoms. The first-order chi connectivity index (χ1) is 28.0. The van der Waals surface area contributed by atoms with Crippen LogP contribution in [0.25, 0.3) is 0 Å². The molecule has 6 nitrogen and oxygen atoms in total. The van der Waals surface area contributed by atoms with Crippen molar-refractivity contribution in [2.75, 3.05) is 13.2 Å². The van der Waals surface area contributed by atoms with Gasteiger partial charge in [0.1, 0.15) is 13.2 Å². The molecule has 0 aliphatic heterocycles. The van der Waals surface area contributed by atoms with Crippen molar-refractivity contribution in [2.45, 2.75) is 245 Å². The lowest BCUT2D eigenvalue weighted by Crippen LogP contribution is -2.30. The molecule has 0 amide bonds. The van der Waals surface area contributed by atoms with Gasteiger partial charge >= 0.3 is 17.9 Å². The van der Waals surface area contributed by atoms with Crippen molar-refractivity contribution in [2.24, 2.45) is 0 Å². The van der Waals surface area contributed by atoms with Gasteiger partial charge in [0.25, 0.3) is 0 Å². The van der Waals surface area contributed by atoms with Crippen molar-refractivity contribution in [3.8, 4) is 0 Å². The van der Waals surface area contributed by atoms with Gasteiger partial charge in [0.2, 0.25) is 0 Å². The Morgan fingerprint density at radius 3 is 1.12 bits per heavy atom. The zero-order valence-electron chi connectivity index (χ0n) is 37.6. The van der Waals surface area contributed by atoms with E-state index in [9.17, 15) is 14.4 Å². The van der Waals surface area contributed by atoms with E-state index in [0.717, 1.165) is 89.9 Å². The van der Waals surface area contributed by atoms with Crippen molar-refractivity contribution >= 4 is 17.9 Å². The van der Waals surface area contributed by atoms with Crippen molar-refractivity contribution < 1.29 is 28.6 Å². The molecular formula is C51H90O6. The number of rotatable bonds is 43. The van der Waals surface area contributed by atoms with Gasteiger partial charge in [-0.2, -0.15) is 0 Å². The third-order valence-corrected chi connectivity index (χ3v) is 10.3. The average Bonchev–Trinajstić information content (AvgIpc) is 3.21. The summed E-state index contributed by atoms with van der Waals surface area (Å²) in [5.74, 6) is -0.954. The Balaban J connectivity index is 4.38. The summed E-state index contributed by atoms with van der Waals surface area (Å²) in [4.78, 5) is 37.7. The first kappa shape index (κ1) is 54.4. The minimum Gasteiger partial charge on any atom is -0.462 e. The highest BCUT2D eigenvalue weighted by Crippen LogP contribution is 2.13. The fraction of sp³-hybridized carbons (Fsp3) is 0.784. The summed E-state index contributed by atoms with van der Waals surface area (Å²) in [6, 6.07) is 0. The summed E-state index contributed by atoms with van der Waals surface area (Å²) in [5, 5.41) is 0. The van der Waals surface area contributed by atoms with Crippen LogP contribution < -0.4 is 0 Å². The fourth-order valence-corrected chi connectivity index (χ4v) is 6.64. The molecule has 0 fully saturated rings. The van der Waals surface area contributed by atoms with Gasteiger partial charge in [0.15, 0.2) is 6.10 Å². The topological polar surface area (TPSA) is 78.9 Å². The molecule has 0 saturated carbocycles. The fourth-order valence-electron chi connectivity index (χ4n) is 6.64. The zero-order valence-corrected chi connectivity index (χ0v) is 37.6. The molecular weight excluding hydrogens is 709 g/mol. The van der Waals surface area contributed by atoms with E-state index in [-0.39, 0.29) is 31.1 Å². The molecule has 0 aromatic carbocycles. The number of hydrogen-bond acceptors (Lipinski definition) is 6. The minimum atomic E-state index is -0.794. The zero-order chi connectivity index (χ0) is 41.5. The Labute approximate surface area is 352 Å². The Morgan fingerprint density at radius 2 is 0.684 bits per heavy atom. The highest BCUT2D eigenvalue weighted by Gasteiger charge is 2.19. The Bertz CT molecular complexity index is 1010. The number of unbranched alkanes of at least 4 members (excludes halogenated alkanes) is 24.